The molecule has 2 heterocycles. The number of rotatable bonds is 3. The Kier molecular flexibility index (Phi) is 3.21. The third kappa shape index (κ3) is 2.40. The van der Waals surface area contributed by atoms with Gasteiger partial charge in [0.05, 0.1) is 11.7 Å². The van der Waals surface area contributed by atoms with Crippen molar-refractivity contribution in [3.05, 3.63) is 29.8 Å². The van der Waals surface area contributed by atoms with Crippen LogP contribution in [0.4, 0.5) is 5.69 Å². The van der Waals surface area contributed by atoms with Gasteiger partial charge in [0, 0.05) is 18.7 Å². The van der Waals surface area contributed by atoms with Crippen molar-refractivity contribution in [1.29, 1.82) is 0 Å². The fraction of sp³-hybridized carbons (Fsp3) is 0.562. The lowest BCUT2D eigenvalue weighted by molar-refractivity contribution is -0.138. The molecule has 1 aromatic rings. The Balaban J connectivity index is 1.81. The number of aliphatic carboxylic acids is 1. The number of nitrogens with zero attached hydrogens (tertiary/aromatic N) is 1. The maximum atomic E-state index is 11.5. The summed E-state index contributed by atoms with van der Waals surface area (Å²) in [5.41, 5.74) is 2.09. The second-order valence-corrected chi connectivity index (χ2v) is 6.38. The third-order valence-electron chi connectivity index (χ3n) is 4.33. The van der Waals surface area contributed by atoms with Crippen molar-refractivity contribution in [2.45, 2.75) is 50.9 Å². The van der Waals surface area contributed by atoms with Gasteiger partial charge < -0.3 is 14.7 Å². The maximum absolute atomic E-state index is 11.5. The van der Waals surface area contributed by atoms with Crippen LogP contribution in [-0.2, 0) is 16.0 Å². The van der Waals surface area contributed by atoms with Crippen molar-refractivity contribution >= 4 is 11.7 Å². The van der Waals surface area contributed by atoms with Gasteiger partial charge in [-0.25, -0.2) is 4.79 Å². The van der Waals surface area contributed by atoms with E-state index in [4.69, 9.17) is 4.74 Å². The van der Waals surface area contributed by atoms with E-state index in [1.807, 2.05) is 29.2 Å². The highest BCUT2D eigenvalue weighted by atomic mass is 16.5. The molecule has 3 rings (SSSR count). The van der Waals surface area contributed by atoms with Crippen LogP contribution in [0.5, 0.6) is 0 Å². The summed E-state index contributed by atoms with van der Waals surface area (Å²) in [6.45, 7) is 4.86. The molecule has 4 heteroatoms. The van der Waals surface area contributed by atoms with Crippen LogP contribution in [-0.4, -0.2) is 35.4 Å². The van der Waals surface area contributed by atoms with Crippen molar-refractivity contribution in [1.82, 2.24) is 0 Å². The summed E-state index contributed by atoms with van der Waals surface area (Å²) in [4.78, 5) is 13.5. The van der Waals surface area contributed by atoms with Crippen molar-refractivity contribution in [3.63, 3.8) is 0 Å². The maximum Gasteiger partial charge on any atom is 0.326 e. The van der Waals surface area contributed by atoms with Crippen molar-refractivity contribution in [2.75, 3.05) is 11.4 Å². The second-order valence-electron chi connectivity index (χ2n) is 6.38. The summed E-state index contributed by atoms with van der Waals surface area (Å²) in [6.07, 6.45) is 2.74. The molecule has 2 atom stereocenters. The van der Waals surface area contributed by atoms with E-state index >= 15 is 0 Å². The summed E-state index contributed by atoms with van der Waals surface area (Å²) >= 11 is 0. The number of anilines is 1. The van der Waals surface area contributed by atoms with E-state index in [0.717, 1.165) is 24.1 Å². The molecule has 1 N–H and O–H groups in total. The van der Waals surface area contributed by atoms with E-state index in [1.165, 1.54) is 0 Å². The highest BCUT2D eigenvalue weighted by molar-refractivity contribution is 5.82. The number of ether oxygens (including phenoxy) is 1. The Morgan fingerprint density at radius 1 is 1.45 bits per heavy atom. The average molecular weight is 275 g/mol. The zero-order chi connectivity index (χ0) is 14.3. The predicted molar refractivity (Wildman–Crippen MR) is 77.1 cm³/mol. The first-order chi connectivity index (χ1) is 9.46. The van der Waals surface area contributed by atoms with Gasteiger partial charge in [-0.3, -0.25) is 0 Å². The molecule has 0 saturated carbocycles. The van der Waals surface area contributed by atoms with E-state index in [2.05, 4.69) is 13.8 Å². The summed E-state index contributed by atoms with van der Waals surface area (Å²) in [5.74, 6) is -0.751. The fourth-order valence-corrected chi connectivity index (χ4v) is 3.32. The summed E-state index contributed by atoms with van der Waals surface area (Å²) < 4.78 is 6.02. The number of para-hydroxylation sites is 1. The molecule has 1 aromatic carbocycles. The van der Waals surface area contributed by atoms with Crippen LogP contribution in [0.25, 0.3) is 0 Å². The van der Waals surface area contributed by atoms with Gasteiger partial charge in [0.2, 0.25) is 0 Å². The van der Waals surface area contributed by atoms with E-state index < -0.39 is 12.0 Å². The van der Waals surface area contributed by atoms with Gasteiger partial charge in [0.15, 0.2) is 0 Å². The lowest BCUT2D eigenvalue weighted by Crippen LogP contribution is -2.43. The van der Waals surface area contributed by atoms with Crippen LogP contribution in [0, 0.1) is 0 Å². The summed E-state index contributed by atoms with van der Waals surface area (Å²) in [5, 5.41) is 9.45. The van der Waals surface area contributed by atoms with Crippen LogP contribution < -0.4 is 4.90 Å². The highest BCUT2D eigenvalue weighted by Crippen LogP contribution is 2.35. The second kappa shape index (κ2) is 4.77. The molecule has 2 aliphatic heterocycles. The van der Waals surface area contributed by atoms with Gasteiger partial charge in [0.1, 0.15) is 6.04 Å². The molecule has 4 nitrogen and oxygen atoms in total. The van der Waals surface area contributed by atoms with E-state index in [9.17, 15) is 9.90 Å². The van der Waals surface area contributed by atoms with Gasteiger partial charge >= 0.3 is 5.97 Å². The van der Waals surface area contributed by atoms with Gasteiger partial charge in [-0.05, 0) is 38.3 Å². The van der Waals surface area contributed by atoms with Crippen molar-refractivity contribution in [2.24, 2.45) is 0 Å². The molecule has 1 fully saturated rings. The normalized spacial score (nSPS) is 27.6. The standard InChI is InChI=1S/C16H21NO3/c1-16(2)8-7-12(20-16)10-17-13-6-4-3-5-11(13)9-14(17)15(18)19/h3-6,12,14H,7-10H2,1-2H3,(H,18,19). The molecular formula is C16H21NO3. The SMILES string of the molecule is CC1(C)CCC(CN2c3ccccc3CC2C(=O)O)O1. The first-order valence-electron chi connectivity index (χ1n) is 7.21. The number of benzene rings is 1. The molecule has 20 heavy (non-hydrogen) atoms. The quantitative estimate of drug-likeness (QED) is 0.920. The number of carbonyl (C=O) groups is 1. The van der Waals surface area contributed by atoms with Crippen LogP contribution in [0.15, 0.2) is 24.3 Å². The highest BCUT2D eigenvalue weighted by Gasteiger charge is 2.38. The molecule has 0 amide bonds. The first-order valence-corrected chi connectivity index (χ1v) is 7.21. The van der Waals surface area contributed by atoms with Gasteiger partial charge in [-0.1, -0.05) is 18.2 Å². The minimum Gasteiger partial charge on any atom is -0.480 e. The van der Waals surface area contributed by atoms with Crippen LogP contribution in [0.1, 0.15) is 32.3 Å². The lowest BCUT2D eigenvalue weighted by Gasteiger charge is -2.28. The van der Waals surface area contributed by atoms with Crippen LogP contribution in [0.3, 0.4) is 0 Å². The van der Waals surface area contributed by atoms with Gasteiger partial charge in [0.25, 0.3) is 0 Å². The molecule has 0 bridgehead atoms. The van der Waals surface area contributed by atoms with E-state index in [-0.39, 0.29) is 11.7 Å². The van der Waals surface area contributed by atoms with E-state index in [1.54, 1.807) is 0 Å². The molecular weight excluding hydrogens is 254 g/mol. The number of hydrogen-bond donors (Lipinski definition) is 1. The summed E-state index contributed by atoms with van der Waals surface area (Å²) in [7, 11) is 0. The molecule has 1 saturated heterocycles. The van der Waals surface area contributed by atoms with Gasteiger partial charge in [-0.15, -0.1) is 0 Å². The number of fused-ring (bicyclic) bond motifs is 1. The smallest absolute Gasteiger partial charge is 0.326 e. The minimum absolute atomic E-state index is 0.0807. The minimum atomic E-state index is -0.751. The molecule has 0 aliphatic carbocycles. The Labute approximate surface area is 119 Å². The predicted octanol–water partition coefficient (Wildman–Crippen LogP) is 2.46. The first kappa shape index (κ1) is 13.4. The Hall–Kier alpha value is -1.55. The molecule has 0 aromatic heterocycles. The lowest BCUT2D eigenvalue weighted by atomic mass is 10.1. The number of carboxylic acids is 1. The molecule has 2 aliphatic rings. The zero-order valence-corrected chi connectivity index (χ0v) is 12.0. The molecule has 2 unspecified atom stereocenters. The Bertz CT molecular complexity index is 526. The molecule has 0 spiro atoms. The van der Waals surface area contributed by atoms with Crippen LogP contribution >= 0.6 is 0 Å². The number of hydrogen-bond acceptors (Lipinski definition) is 3. The zero-order valence-electron chi connectivity index (χ0n) is 12.0. The molecule has 108 valence electrons. The number of carboxylic acid groups (broad SMARTS) is 1. The topological polar surface area (TPSA) is 49.8 Å². The van der Waals surface area contributed by atoms with Crippen molar-refractivity contribution < 1.29 is 14.6 Å². The molecule has 0 radical (unpaired) electrons. The van der Waals surface area contributed by atoms with E-state index in [0.29, 0.717) is 13.0 Å². The third-order valence-corrected chi connectivity index (χ3v) is 4.33. The summed E-state index contributed by atoms with van der Waals surface area (Å²) in [6, 6.07) is 7.51. The average Bonchev–Trinajstić information content (AvgIpc) is 2.91. The van der Waals surface area contributed by atoms with Gasteiger partial charge in [-0.2, -0.15) is 0 Å². The fourth-order valence-electron chi connectivity index (χ4n) is 3.32. The monoisotopic (exact) mass is 275 g/mol. The van der Waals surface area contributed by atoms with Crippen molar-refractivity contribution in [3.8, 4) is 0 Å². The Morgan fingerprint density at radius 3 is 2.85 bits per heavy atom. The van der Waals surface area contributed by atoms with Crippen LogP contribution in [0.2, 0.25) is 0 Å². The largest absolute Gasteiger partial charge is 0.480 e. The Morgan fingerprint density at radius 2 is 2.20 bits per heavy atom.